The highest BCUT2D eigenvalue weighted by molar-refractivity contribution is 7.89. The lowest BCUT2D eigenvalue weighted by atomic mass is 9.87. The van der Waals surface area contributed by atoms with Crippen LogP contribution in [0.2, 0.25) is 0 Å². The van der Waals surface area contributed by atoms with E-state index >= 15 is 0 Å². The fraction of sp³-hybridized carbons (Fsp3) is 0.500. The first kappa shape index (κ1) is 17.9. The Bertz CT molecular complexity index is 569. The van der Waals surface area contributed by atoms with Crippen molar-refractivity contribution in [1.82, 2.24) is 4.72 Å². The minimum atomic E-state index is -3.48. The third-order valence-electron chi connectivity index (χ3n) is 2.92. The number of nitrogens with one attached hydrogen (secondary N) is 1. The van der Waals surface area contributed by atoms with Crippen LogP contribution in [0.3, 0.4) is 0 Å². The lowest BCUT2D eigenvalue weighted by Crippen LogP contribution is -2.27. The van der Waals surface area contributed by atoms with E-state index in [0.717, 1.165) is 11.1 Å². The summed E-state index contributed by atoms with van der Waals surface area (Å²) in [7, 11) is -3.48. The first-order chi connectivity index (χ1) is 9.63. The first-order valence-corrected chi connectivity index (χ1v) is 8.43. The van der Waals surface area contributed by atoms with Crippen molar-refractivity contribution in [3.63, 3.8) is 0 Å². The van der Waals surface area contributed by atoms with Gasteiger partial charge in [-0.15, -0.1) is 0 Å². The van der Waals surface area contributed by atoms with E-state index in [4.69, 9.17) is 4.74 Å². The summed E-state index contributed by atoms with van der Waals surface area (Å²) in [5, 5.41) is 0. The summed E-state index contributed by atoms with van der Waals surface area (Å²) in [6.07, 6.45) is 0. The van der Waals surface area contributed by atoms with E-state index in [1.165, 1.54) is 0 Å². The zero-order valence-corrected chi connectivity index (χ0v) is 14.1. The lowest BCUT2D eigenvalue weighted by molar-refractivity contribution is 0.162. The molecule has 0 saturated heterocycles. The van der Waals surface area contributed by atoms with Gasteiger partial charge in [0.2, 0.25) is 10.0 Å². The lowest BCUT2D eigenvalue weighted by Gasteiger charge is -2.19. The standard InChI is InChI=1S/C16H25NO3S/c1-13(2)12-20-11-10-17-21(18,19)15-8-6-14(7-9-15)16(3,4)5/h6-9,17H,1,10-12H2,2-5H3. The average Bonchev–Trinajstić information content (AvgIpc) is 2.37. The maximum Gasteiger partial charge on any atom is 0.240 e. The van der Waals surface area contributed by atoms with Crippen LogP contribution in [0.4, 0.5) is 0 Å². The Kier molecular flexibility index (Phi) is 6.13. The van der Waals surface area contributed by atoms with Crippen molar-refractivity contribution in [2.24, 2.45) is 0 Å². The van der Waals surface area contributed by atoms with E-state index in [1.807, 2.05) is 19.1 Å². The van der Waals surface area contributed by atoms with Crippen molar-refractivity contribution in [3.8, 4) is 0 Å². The summed E-state index contributed by atoms with van der Waals surface area (Å²) in [6.45, 7) is 12.9. The van der Waals surface area contributed by atoms with Crippen LogP contribution in [-0.4, -0.2) is 28.2 Å². The van der Waals surface area contributed by atoms with Crippen molar-refractivity contribution in [2.75, 3.05) is 19.8 Å². The third kappa shape index (κ3) is 5.99. The molecule has 118 valence electrons. The van der Waals surface area contributed by atoms with Crippen LogP contribution in [0, 0.1) is 0 Å². The Morgan fingerprint density at radius 2 is 1.81 bits per heavy atom. The van der Waals surface area contributed by atoms with Gasteiger partial charge in [-0.05, 0) is 30.0 Å². The van der Waals surface area contributed by atoms with Crippen LogP contribution in [0.5, 0.6) is 0 Å². The Balaban J connectivity index is 2.60. The van der Waals surface area contributed by atoms with Gasteiger partial charge < -0.3 is 4.74 Å². The highest BCUT2D eigenvalue weighted by Gasteiger charge is 2.17. The zero-order chi connectivity index (χ0) is 16.1. The fourth-order valence-electron chi connectivity index (χ4n) is 1.71. The van der Waals surface area contributed by atoms with Gasteiger partial charge in [-0.2, -0.15) is 0 Å². The Morgan fingerprint density at radius 1 is 1.24 bits per heavy atom. The number of hydrogen-bond donors (Lipinski definition) is 1. The minimum Gasteiger partial charge on any atom is -0.376 e. The molecular formula is C16H25NO3S. The molecule has 0 aliphatic rings. The van der Waals surface area contributed by atoms with Crippen molar-refractivity contribution in [3.05, 3.63) is 42.0 Å². The summed E-state index contributed by atoms with van der Waals surface area (Å²) < 4.78 is 32.0. The number of rotatable bonds is 7. The van der Waals surface area contributed by atoms with Gasteiger partial charge in [-0.3, -0.25) is 0 Å². The van der Waals surface area contributed by atoms with Crippen LogP contribution in [-0.2, 0) is 20.2 Å². The van der Waals surface area contributed by atoms with Crippen molar-refractivity contribution in [1.29, 1.82) is 0 Å². The second-order valence-electron chi connectivity index (χ2n) is 6.18. The number of ether oxygens (including phenoxy) is 1. The number of sulfonamides is 1. The van der Waals surface area contributed by atoms with E-state index in [2.05, 4.69) is 32.1 Å². The Hall–Kier alpha value is -1.17. The SMILES string of the molecule is C=C(C)COCCNS(=O)(=O)c1ccc(C(C)(C)C)cc1. The minimum absolute atomic E-state index is 0.00606. The Morgan fingerprint density at radius 3 is 2.29 bits per heavy atom. The largest absolute Gasteiger partial charge is 0.376 e. The molecule has 4 nitrogen and oxygen atoms in total. The average molecular weight is 311 g/mol. The molecule has 1 aromatic rings. The third-order valence-corrected chi connectivity index (χ3v) is 4.39. The van der Waals surface area contributed by atoms with E-state index in [9.17, 15) is 8.42 Å². The monoisotopic (exact) mass is 311 g/mol. The molecule has 0 radical (unpaired) electrons. The molecule has 0 bridgehead atoms. The van der Waals surface area contributed by atoms with Crippen LogP contribution in [0.1, 0.15) is 33.3 Å². The molecule has 0 saturated carbocycles. The van der Waals surface area contributed by atoms with Gasteiger partial charge in [-0.25, -0.2) is 13.1 Å². The quantitative estimate of drug-likeness (QED) is 0.622. The summed E-state index contributed by atoms with van der Waals surface area (Å²) in [5.41, 5.74) is 2.02. The van der Waals surface area contributed by atoms with Gasteiger partial charge in [0.15, 0.2) is 0 Å². The van der Waals surface area contributed by atoms with Gasteiger partial charge in [0.25, 0.3) is 0 Å². The van der Waals surface area contributed by atoms with Crippen molar-refractivity contribution >= 4 is 10.0 Å². The second-order valence-corrected chi connectivity index (χ2v) is 7.95. The summed E-state index contributed by atoms with van der Waals surface area (Å²) >= 11 is 0. The second kappa shape index (κ2) is 7.20. The van der Waals surface area contributed by atoms with Crippen LogP contribution >= 0.6 is 0 Å². The van der Waals surface area contributed by atoms with Crippen molar-refractivity contribution in [2.45, 2.75) is 38.0 Å². The molecule has 1 N–H and O–H groups in total. The molecule has 0 unspecified atom stereocenters. The topological polar surface area (TPSA) is 55.4 Å². The molecule has 21 heavy (non-hydrogen) atoms. The van der Waals surface area contributed by atoms with Gasteiger partial charge in [0.1, 0.15) is 0 Å². The predicted octanol–water partition coefficient (Wildman–Crippen LogP) is 2.86. The van der Waals surface area contributed by atoms with E-state index in [0.29, 0.717) is 13.2 Å². The van der Waals surface area contributed by atoms with Gasteiger partial charge in [0.05, 0.1) is 18.1 Å². The maximum atomic E-state index is 12.1. The fourth-order valence-corrected chi connectivity index (χ4v) is 2.73. The smallest absolute Gasteiger partial charge is 0.240 e. The van der Waals surface area contributed by atoms with Crippen LogP contribution < -0.4 is 4.72 Å². The molecule has 1 aromatic carbocycles. The van der Waals surface area contributed by atoms with Crippen LogP contribution in [0.15, 0.2) is 41.3 Å². The van der Waals surface area contributed by atoms with Gasteiger partial charge in [0, 0.05) is 6.54 Å². The molecule has 1 rings (SSSR count). The normalized spacial score (nSPS) is 12.4. The molecule has 0 spiro atoms. The summed E-state index contributed by atoms with van der Waals surface area (Å²) in [6, 6.07) is 6.98. The van der Waals surface area contributed by atoms with Gasteiger partial charge >= 0.3 is 0 Å². The first-order valence-electron chi connectivity index (χ1n) is 6.95. The number of benzene rings is 1. The highest BCUT2D eigenvalue weighted by atomic mass is 32.2. The van der Waals surface area contributed by atoms with Crippen molar-refractivity contribution < 1.29 is 13.2 Å². The molecular weight excluding hydrogens is 286 g/mol. The van der Waals surface area contributed by atoms with E-state index in [1.54, 1.807) is 12.1 Å². The molecule has 5 heteroatoms. The molecule has 0 aliphatic carbocycles. The summed E-state index contributed by atoms with van der Waals surface area (Å²) in [5.74, 6) is 0. The molecule has 0 heterocycles. The van der Waals surface area contributed by atoms with E-state index < -0.39 is 10.0 Å². The molecule has 0 aromatic heterocycles. The van der Waals surface area contributed by atoms with Gasteiger partial charge in [-0.1, -0.05) is 45.1 Å². The van der Waals surface area contributed by atoms with Crippen LogP contribution in [0.25, 0.3) is 0 Å². The molecule has 0 amide bonds. The highest BCUT2D eigenvalue weighted by Crippen LogP contribution is 2.23. The van der Waals surface area contributed by atoms with E-state index in [-0.39, 0.29) is 16.9 Å². The number of hydrogen-bond acceptors (Lipinski definition) is 3. The molecule has 0 fully saturated rings. The maximum absolute atomic E-state index is 12.1. The predicted molar refractivity (Wildman–Crippen MR) is 86.0 cm³/mol. The zero-order valence-electron chi connectivity index (χ0n) is 13.3. The molecule has 0 atom stereocenters. The Labute approximate surface area is 128 Å². The molecule has 0 aliphatic heterocycles. The summed E-state index contributed by atoms with van der Waals surface area (Å²) in [4.78, 5) is 0.274.